The molecule has 2 aromatic heterocycles. The number of aliphatic carboxylic acids is 1. The van der Waals surface area contributed by atoms with Crippen molar-refractivity contribution >= 4 is 18.8 Å². The van der Waals surface area contributed by atoms with E-state index in [0.29, 0.717) is 58.6 Å². The van der Waals surface area contributed by atoms with Gasteiger partial charge >= 0.3 is 5.97 Å². The number of amides is 2. The third kappa shape index (κ3) is 7.29. The zero-order valence-corrected chi connectivity index (χ0v) is 16.7. The molecule has 0 radical (unpaired) electrons. The number of carboxylic acids is 1. The van der Waals surface area contributed by atoms with Crippen LogP contribution in [0.4, 0.5) is 0 Å². The Labute approximate surface area is 174 Å². The number of carbonyl (C=O) groups is 3. The summed E-state index contributed by atoms with van der Waals surface area (Å²) in [6, 6.07) is -0.861. The molecule has 2 aromatic rings. The molecule has 2 amide bonds. The van der Waals surface area contributed by atoms with Crippen LogP contribution in [0.5, 0.6) is 0 Å². The first-order chi connectivity index (χ1) is 14.5. The normalized spacial score (nSPS) is 11.9. The van der Waals surface area contributed by atoms with Gasteiger partial charge in [0.1, 0.15) is 17.7 Å². The molecule has 2 rings (SSSR count). The van der Waals surface area contributed by atoms with Crippen molar-refractivity contribution in [1.82, 2.24) is 34.6 Å². The van der Waals surface area contributed by atoms with Gasteiger partial charge in [-0.3, -0.25) is 19.3 Å². The Bertz CT molecular complexity index is 753. The lowest BCUT2D eigenvalue weighted by atomic mass is 10.1. The molecule has 0 fully saturated rings. The van der Waals surface area contributed by atoms with Gasteiger partial charge in [-0.1, -0.05) is 6.42 Å². The quantitative estimate of drug-likeness (QED) is 0.200. The standard InChI is InChI=1S/C18H28N8O4/c19-15(18(29)30)3-1-2-6-24(9-16-22-4-7-25(16)11-20-13-27)10-17-23-5-8-26(17)12-21-14-28/h4-5,7-8,13-15H,1-3,6,9-12,19H2,(H,20,27)(H,21,28)(H,29,30). The van der Waals surface area contributed by atoms with Gasteiger partial charge in [-0.15, -0.1) is 0 Å². The molecule has 2 heterocycles. The van der Waals surface area contributed by atoms with Crippen LogP contribution in [0.25, 0.3) is 0 Å². The monoisotopic (exact) mass is 420 g/mol. The molecule has 0 saturated heterocycles. The smallest absolute Gasteiger partial charge is 0.320 e. The lowest BCUT2D eigenvalue weighted by Gasteiger charge is -2.23. The summed E-state index contributed by atoms with van der Waals surface area (Å²) in [6.45, 7) is 2.32. The Morgan fingerprint density at radius 3 is 2.07 bits per heavy atom. The Morgan fingerprint density at radius 1 is 1.07 bits per heavy atom. The highest BCUT2D eigenvalue weighted by atomic mass is 16.4. The van der Waals surface area contributed by atoms with Gasteiger partial charge in [0.25, 0.3) is 0 Å². The van der Waals surface area contributed by atoms with Gasteiger partial charge in [-0.25, -0.2) is 9.97 Å². The molecule has 0 aliphatic rings. The summed E-state index contributed by atoms with van der Waals surface area (Å²) in [5, 5.41) is 14.1. The van der Waals surface area contributed by atoms with Crippen LogP contribution in [0, 0.1) is 0 Å². The molecule has 0 bridgehead atoms. The second-order valence-electron chi connectivity index (χ2n) is 6.74. The molecular weight excluding hydrogens is 392 g/mol. The first-order valence-electron chi connectivity index (χ1n) is 9.60. The van der Waals surface area contributed by atoms with Crippen molar-refractivity contribution in [3.8, 4) is 0 Å². The number of nitrogens with two attached hydrogens (primary N) is 1. The van der Waals surface area contributed by atoms with Crippen molar-refractivity contribution in [2.24, 2.45) is 5.73 Å². The molecule has 0 aliphatic carbocycles. The molecule has 0 saturated carbocycles. The van der Waals surface area contributed by atoms with Crippen LogP contribution in [0.2, 0.25) is 0 Å². The topological polar surface area (TPSA) is 160 Å². The third-order valence-corrected chi connectivity index (χ3v) is 4.58. The van der Waals surface area contributed by atoms with Gasteiger partial charge in [-0.05, 0) is 19.4 Å². The van der Waals surface area contributed by atoms with E-state index in [1.54, 1.807) is 24.8 Å². The van der Waals surface area contributed by atoms with E-state index in [9.17, 15) is 14.4 Å². The van der Waals surface area contributed by atoms with E-state index in [1.165, 1.54) is 0 Å². The highest BCUT2D eigenvalue weighted by Gasteiger charge is 2.15. The van der Waals surface area contributed by atoms with Gasteiger partial charge in [-0.2, -0.15) is 0 Å². The lowest BCUT2D eigenvalue weighted by Crippen LogP contribution is -2.31. The fourth-order valence-electron chi connectivity index (χ4n) is 2.98. The van der Waals surface area contributed by atoms with Gasteiger partial charge in [0.15, 0.2) is 0 Å². The molecule has 30 heavy (non-hydrogen) atoms. The van der Waals surface area contributed by atoms with Crippen LogP contribution < -0.4 is 16.4 Å². The van der Waals surface area contributed by atoms with E-state index < -0.39 is 12.0 Å². The summed E-state index contributed by atoms with van der Waals surface area (Å²) in [6.07, 6.45) is 9.98. The number of hydrogen-bond donors (Lipinski definition) is 4. The number of aromatic nitrogens is 4. The number of hydrogen-bond acceptors (Lipinski definition) is 7. The van der Waals surface area contributed by atoms with E-state index in [-0.39, 0.29) is 0 Å². The first-order valence-corrected chi connectivity index (χ1v) is 9.60. The largest absolute Gasteiger partial charge is 0.480 e. The zero-order valence-electron chi connectivity index (χ0n) is 16.7. The van der Waals surface area contributed by atoms with E-state index in [2.05, 4.69) is 25.5 Å². The summed E-state index contributed by atoms with van der Waals surface area (Å²) in [4.78, 5) is 42.9. The Balaban J connectivity index is 2.03. The summed E-state index contributed by atoms with van der Waals surface area (Å²) in [7, 11) is 0. The van der Waals surface area contributed by atoms with Crippen LogP contribution in [0.1, 0.15) is 30.9 Å². The highest BCUT2D eigenvalue weighted by molar-refractivity contribution is 5.72. The van der Waals surface area contributed by atoms with Crippen LogP contribution in [0.15, 0.2) is 24.8 Å². The Morgan fingerprint density at radius 2 is 1.60 bits per heavy atom. The maximum Gasteiger partial charge on any atom is 0.320 e. The average molecular weight is 420 g/mol. The Hall–Kier alpha value is -3.25. The molecule has 1 unspecified atom stereocenters. The molecule has 0 aliphatic heterocycles. The minimum absolute atomic E-state index is 0.317. The predicted octanol–water partition coefficient (Wildman–Crippen LogP) is -0.929. The van der Waals surface area contributed by atoms with E-state index in [1.807, 2.05) is 9.13 Å². The first kappa shape index (κ1) is 23.0. The molecule has 5 N–H and O–H groups in total. The van der Waals surface area contributed by atoms with E-state index in [4.69, 9.17) is 10.8 Å². The highest BCUT2D eigenvalue weighted by Crippen LogP contribution is 2.11. The molecule has 12 nitrogen and oxygen atoms in total. The summed E-state index contributed by atoms with van der Waals surface area (Å²) in [5.41, 5.74) is 5.57. The SMILES string of the molecule is NC(CCCCN(Cc1nccn1CNC=O)Cc1nccn1CNC=O)C(=O)O. The molecule has 12 heteroatoms. The van der Waals surface area contributed by atoms with Crippen molar-refractivity contribution < 1.29 is 19.5 Å². The fourth-order valence-corrected chi connectivity index (χ4v) is 2.98. The summed E-state index contributed by atoms with van der Waals surface area (Å²) < 4.78 is 3.67. The van der Waals surface area contributed by atoms with Crippen molar-refractivity contribution in [2.45, 2.75) is 51.7 Å². The second kappa shape index (κ2) is 12.3. The number of carboxylic acid groups (broad SMARTS) is 1. The van der Waals surface area contributed by atoms with Crippen LogP contribution in [-0.4, -0.2) is 60.5 Å². The molecule has 0 aromatic carbocycles. The third-order valence-electron chi connectivity index (χ3n) is 4.58. The van der Waals surface area contributed by atoms with E-state index in [0.717, 1.165) is 18.1 Å². The van der Waals surface area contributed by atoms with Gasteiger partial charge in [0.2, 0.25) is 12.8 Å². The fraction of sp³-hybridized carbons (Fsp3) is 0.500. The van der Waals surface area contributed by atoms with Gasteiger partial charge in [0.05, 0.1) is 26.4 Å². The number of unbranched alkanes of at least 4 members (excludes halogenated alkanes) is 1. The predicted molar refractivity (Wildman–Crippen MR) is 106 cm³/mol. The van der Waals surface area contributed by atoms with Gasteiger partial charge in [0, 0.05) is 24.8 Å². The molecular formula is C18H28N8O4. The minimum atomic E-state index is -0.999. The summed E-state index contributed by atoms with van der Waals surface area (Å²) >= 11 is 0. The van der Waals surface area contributed by atoms with Crippen LogP contribution in [0.3, 0.4) is 0 Å². The van der Waals surface area contributed by atoms with Crippen molar-refractivity contribution in [3.63, 3.8) is 0 Å². The summed E-state index contributed by atoms with van der Waals surface area (Å²) in [5.74, 6) is 0.549. The van der Waals surface area contributed by atoms with E-state index >= 15 is 0 Å². The van der Waals surface area contributed by atoms with Crippen LogP contribution >= 0.6 is 0 Å². The second-order valence-corrected chi connectivity index (χ2v) is 6.74. The maximum atomic E-state index is 10.9. The lowest BCUT2D eigenvalue weighted by molar-refractivity contribution is -0.138. The minimum Gasteiger partial charge on any atom is -0.480 e. The number of carbonyl (C=O) groups excluding carboxylic acids is 2. The van der Waals surface area contributed by atoms with Crippen molar-refractivity contribution in [3.05, 3.63) is 36.4 Å². The number of nitrogens with one attached hydrogen (secondary N) is 2. The zero-order chi connectivity index (χ0) is 21.8. The number of rotatable bonds is 16. The maximum absolute atomic E-state index is 10.9. The number of nitrogens with zero attached hydrogens (tertiary/aromatic N) is 5. The Kier molecular flexibility index (Phi) is 9.48. The average Bonchev–Trinajstić information content (AvgIpc) is 3.36. The van der Waals surface area contributed by atoms with Crippen LogP contribution in [-0.2, 0) is 40.8 Å². The van der Waals surface area contributed by atoms with Gasteiger partial charge < -0.3 is 30.6 Å². The molecule has 0 spiro atoms. The number of imidazole rings is 2. The van der Waals surface area contributed by atoms with Crippen molar-refractivity contribution in [2.75, 3.05) is 6.54 Å². The molecule has 1 atom stereocenters. The molecule has 164 valence electrons. The van der Waals surface area contributed by atoms with Crippen molar-refractivity contribution in [1.29, 1.82) is 0 Å².